The average molecular weight is 347 g/mol. The summed E-state index contributed by atoms with van der Waals surface area (Å²) in [6.07, 6.45) is 0. The predicted octanol–water partition coefficient (Wildman–Crippen LogP) is 0.710. The molecular formula is C7H6BiO3. The van der Waals surface area contributed by atoms with Gasteiger partial charge in [-0.15, -0.1) is 0 Å². The summed E-state index contributed by atoms with van der Waals surface area (Å²) in [5.74, 6) is -1.31. The van der Waals surface area contributed by atoms with Crippen LogP contribution in [0.2, 0.25) is 0 Å². The van der Waals surface area contributed by atoms with Crippen molar-refractivity contribution >= 4 is 32.2 Å². The van der Waals surface area contributed by atoms with Crippen molar-refractivity contribution in [2.24, 2.45) is 0 Å². The Morgan fingerprint density at radius 2 is 1.82 bits per heavy atom. The summed E-state index contributed by atoms with van der Waals surface area (Å²) < 4.78 is 0. The summed E-state index contributed by atoms with van der Waals surface area (Å²) in [5.41, 5.74) is -0.0671. The Hall–Kier alpha value is -0.627. The van der Waals surface area contributed by atoms with E-state index < -0.39 is 5.97 Å². The van der Waals surface area contributed by atoms with Crippen LogP contribution in [0.1, 0.15) is 10.4 Å². The first-order valence-electron chi connectivity index (χ1n) is 2.73. The minimum Gasteiger partial charge on any atom is -0.507 e. The Morgan fingerprint density at radius 1 is 1.27 bits per heavy atom. The fourth-order valence-corrected chi connectivity index (χ4v) is 0.654. The first-order valence-corrected chi connectivity index (χ1v) is 2.73. The molecule has 0 saturated carbocycles. The van der Waals surface area contributed by atoms with Gasteiger partial charge in [0.05, 0.1) is 0 Å². The van der Waals surface area contributed by atoms with Crippen molar-refractivity contribution < 1.29 is 15.0 Å². The van der Waals surface area contributed by atoms with Crippen LogP contribution in [0.3, 0.4) is 0 Å². The van der Waals surface area contributed by atoms with Crippen LogP contribution >= 0.6 is 0 Å². The number of aromatic hydroxyl groups is 1. The van der Waals surface area contributed by atoms with Crippen LogP contribution in [0.25, 0.3) is 0 Å². The van der Waals surface area contributed by atoms with Crippen molar-refractivity contribution in [2.45, 2.75) is 0 Å². The average Bonchev–Trinajstić information content (AvgIpc) is 1.88. The van der Waals surface area contributed by atoms with Gasteiger partial charge in [-0.05, 0) is 12.1 Å². The molecule has 3 radical (unpaired) electrons. The van der Waals surface area contributed by atoms with Crippen LogP contribution in [0.5, 0.6) is 5.75 Å². The van der Waals surface area contributed by atoms with E-state index in [-0.39, 0.29) is 37.5 Å². The molecule has 0 aliphatic heterocycles. The molecule has 0 fully saturated rings. The quantitative estimate of drug-likeness (QED) is 0.736. The molecule has 0 unspecified atom stereocenters. The fraction of sp³-hybridized carbons (Fsp3) is 0. The Morgan fingerprint density at radius 3 is 2.18 bits per heavy atom. The largest absolute Gasteiger partial charge is 0.507 e. The minimum absolute atomic E-state index is 0. The van der Waals surface area contributed by atoms with Gasteiger partial charge in [0.2, 0.25) is 0 Å². The molecule has 0 aliphatic rings. The molecule has 1 aromatic rings. The zero-order chi connectivity index (χ0) is 7.56. The van der Waals surface area contributed by atoms with Crippen LogP contribution < -0.4 is 0 Å². The summed E-state index contributed by atoms with van der Waals surface area (Å²) in [7, 11) is 0. The number of hydrogen-bond donors (Lipinski definition) is 2. The van der Waals surface area contributed by atoms with E-state index in [9.17, 15) is 4.79 Å². The van der Waals surface area contributed by atoms with Gasteiger partial charge in [-0.1, -0.05) is 12.1 Å². The number of rotatable bonds is 1. The molecule has 0 heterocycles. The number of carbonyl (C=O) groups is 1. The predicted molar refractivity (Wildman–Crippen MR) is 40.8 cm³/mol. The number of aromatic carboxylic acids is 1. The second-order valence-electron chi connectivity index (χ2n) is 1.82. The second kappa shape index (κ2) is 4.29. The molecule has 0 spiro atoms. The summed E-state index contributed by atoms with van der Waals surface area (Å²) in [6, 6.07) is 5.81. The van der Waals surface area contributed by atoms with E-state index in [1.54, 1.807) is 12.1 Å². The Bertz CT molecular complexity index is 260. The molecule has 3 nitrogen and oxygen atoms in total. The zero-order valence-corrected chi connectivity index (χ0v) is 9.04. The number of benzene rings is 1. The number of carboxylic acid groups (broad SMARTS) is 1. The van der Waals surface area contributed by atoms with E-state index in [1.165, 1.54) is 12.1 Å². The van der Waals surface area contributed by atoms with Gasteiger partial charge in [0.25, 0.3) is 0 Å². The molecule has 0 aromatic heterocycles. The number of hydrogen-bond acceptors (Lipinski definition) is 2. The van der Waals surface area contributed by atoms with E-state index in [1.807, 2.05) is 0 Å². The number of carboxylic acids is 1. The summed E-state index contributed by atoms with van der Waals surface area (Å²) >= 11 is 0. The molecule has 11 heavy (non-hydrogen) atoms. The van der Waals surface area contributed by atoms with Crippen molar-refractivity contribution in [1.82, 2.24) is 0 Å². The fourth-order valence-electron chi connectivity index (χ4n) is 0.654. The summed E-state index contributed by atoms with van der Waals surface area (Å²) in [6.45, 7) is 0. The van der Waals surface area contributed by atoms with E-state index in [0.29, 0.717) is 0 Å². The zero-order valence-electron chi connectivity index (χ0n) is 5.56. The Kier molecular flexibility index (Phi) is 4.05. The van der Waals surface area contributed by atoms with Crippen molar-refractivity contribution in [3.63, 3.8) is 0 Å². The number of phenols is 1. The molecule has 0 bridgehead atoms. The van der Waals surface area contributed by atoms with E-state index >= 15 is 0 Å². The molecule has 0 saturated heterocycles. The Balaban J connectivity index is 0.000001000. The van der Waals surface area contributed by atoms with Gasteiger partial charge in [-0.2, -0.15) is 0 Å². The molecular weight excluding hydrogens is 341 g/mol. The molecule has 57 valence electrons. The van der Waals surface area contributed by atoms with Crippen molar-refractivity contribution in [3.05, 3.63) is 29.8 Å². The molecule has 0 aliphatic carbocycles. The van der Waals surface area contributed by atoms with Gasteiger partial charge < -0.3 is 10.2 Å². The third kappa shape index (κ3) is 2.47. The van der Waals surface area contributed by atoms with Crippen LogP contribution in [-0.2, 0) is 0 Å². The monoisotopic (exact) mass is 347 g/mol. The van der Waals surface area contributed by atoms with E-state index in [0.717, 1.165) is 0 Å². The van der Waals surface area contributed by atoms with Gasteiger partial charge in [-0.25, -0.2) is 4.79 Å². The van der Waals surface area contributed by atoms with Crippen LogP contribution in [0.15, 0.2) is 24.3 Å². The maximum Gasteiger partial charge on any atom is 0.339 e. The van der Waals surface area contributed by atoms with E-state index in [2.05, 4.69) is 0 Å². The normalized spacial score (nSPS) is 8.36. The van der Waals surface area contributed by atoms with E-state index in [4.69, 9.17) is 10.2 Å². The van der Waals surface area contributed by atoms with Crippen molar-refractivity contribution in [3.8, 4) is 5.75 Å². The molecule has 0 atom stereocenters. The van der Waals surface area contributed by atoms with Crippen LogP contribution in [0, 0.1) is 0 Å². The minimum atomic E-state index is -1.11. The van der Waals surface area contributed by atoms with Gasteiger partial charge in [0, 0.05) is 26.2 Å². The van der Waals surface area contributed by atoms with Crippen LogP contribution in [-0.4, -0.2) is 42.4 Å². The van der Waals surface area contributed by atoms with Crippen molar-refractivity contribution in [2.75, 3.05) is 0 Å². The van der Waals surface area contributed by atoms with Gasteiger partial charge in [0.15, 0.2) is 0 Å². The molecule has 0 amide bonds. The second-order valence-corrected chi connectivity index (χ2v) is 1.82. The van der Waals surface area contributed by atoms with Gasteiger partial charge >= 0.3 is 5.97 Å². The molecule has 2 N–H and O–H groups in total. The summed E-state index contributed by atoms with van der Waals surface area (Å²) in [4.78, 5) is 10.3. The molecule has 1 rings (SSSR count). The SMILES string of the molecule is O=C(O)c1ccccc1O.[Bi]. The maximum absolute atomic E-state index is 10.3. The molecule has 1 aromatic carbocycles. The first kappa shape index (κ1) is 10.4. The molecule has 4 heteroatoms. The van der Waals surface area contributed by atoms with Gasteiger partial charge in [0.1, 0.15) is 11.3 Å². The maximum atomic E-state index is 10.3. The number of para-hydroxylation sites is 1. The van der Waals surface area contributed by atoms with Crippen molar-refractivity contribution in [1.29, 1.82) is 0 Å². The van der Waals surface area contributed by atoms with Gasteiger partial charge in [-0.3, -0.25) is 0 Å². The first-order chi connectivity index (χ1) is 4.72. The topological polar surface area (TPSA) is 57.5 Å². The van der Waals surface area contributed by atoms with Crippen LogP contribution in [0.4, 0.5) is 0 Å². The third-order valence-electron chi connectivity index (χ3n) is 1.13. The Labute approximate surface area is 82.8 Å². The standard InChI is InChI=1S/C7H6O3.Bi/c8-6-4-2-1-3-5(6)7(9)10;/h1-4,8H,(H,9,10);. The third-order valence-corrected chi connectivity index (χ3v) is 1.13. The summed E-state index contributed by atoms with van der Waals surface area (Å²) in [5, 5.41) is 17.3. The smallest absolute Gasteiger partial charge is 0.339 e.